The Morgan fingerprint density at radius 3 is 2.21 bits per heavy atom. The molecule has 9 nitrogen and oxygen atoms in total. The number of carboxylic acids is 1. The van der Waals surface area contributed by atoms with Gasteiger partial charge < -0.3 is 15.7 Å². The fourth-order valence-corrected chi connectivity index (χ4v) is 4.82. The van der Waals surface area contributed by atoms with Gasteiger partial charge in [0.15, 0.2) is 0 Å². The average molecular weight is 562 g/mol. The summed E-state index contributed by atoms with van der Waals surface area (Å²) in [6, 6.07) is 25.5. The summed E-state index contributed by atoms with van der Waals surface area (Å²) in [7, 11) is 0. The molecule has 3 N–H and O–H groups in total. The van der Waals surface area contributed by atoms with Crippen LogP contribution in [-0.4, -0.2) is 27.8 Å². The number of thioether (sulfide) groups is 1. The number of hydrogen-bond acceptors (Lipinski definition) is 6. The van der Waals surface area contributed by atoms with Gasteiger partial charge in [0.1, 0.15) is 5.25 Å². The normalized spacial score (nSPS) is 11.3. The highest BCUT2D eigenvalue weighted by Crippen LogP contribution is 2.37. The van der Waals surface area contributed by atoms with Crippen molar-refractivity contribution < 1.29 is 24.4 Å². The van der Waals surface area contributed by atoms with E-state index in [2.05, 4.69) is 10.6 Å². The van der Waals surface area contributed by atoms with Crippen molar-refractivity contribution in [3.8, 4) is 0 Å². The van der Waals surface area contributed by atoms with Gasteiger partial charge in [-0.3, -0.25) is 19.7 Å². The summed E-state index contributed by atoms with van der Waals surface area (Å²) in [5.41, 5.74) is 1.34. The van der Waals surface area contributed by atoms with Crippen LogP contribution in [0.2, 0.25) is 5.02 Å². The van der Waals surface area contributed by atoms with E-state index in [1.54, 1.807) is 24.3 Å². The van der Waals surface area contributed by atoms with E-state index in [1.165, 1.54) is 54.2 Å². The van der Waals surface area contributed by atoms with E-state index >= 15 is 0 Å². The summed E-state index contributed by atoms with van der Waals surface area (Å²) < 4.78 is 0. The van der Waals surface area contributed by atoms with Crippen molar-refractivity contribution in [2.45, 2.75) is 10.1 Å². The van der Waals surface area contributed by atoms with Crippen molar-refractivity contribution in [2.75, 3.05) is 10.6 Å². The number of halogens is 1. The average Bonchev–Trinajstić information content (AvgIpc) is 2.94. The summed E-state index contributed by atoms with van der Waals surface area (Å²) in [4.78, 5) is 48.4. The summed E-state index contributed by atoms with van der Waals surface area (Å²) in [5.74, 6) is -2.07. The van der Waals surface area contributed by atoms with E-state index in [1.807, 2.05) is 30.3 Å². The van der Waals surface area contributed by atoms with Crippen LogP contribution in [0.5, 0.6) is 0 Å². The topological polar surface area (TPSA) is 139 Å². The number of non-ortho nitro benzene ring substituents is 1. The van der Waals surface area contributed by atoms with Crippen molar-refractivity contribution in [3.63, 3.8) is 0 Å². The summed E-state index contributed by atoms with van der Waals surface area (Å²) in [6.45, 7) is 0. The number of nitro groups is 1. The summed E-state index contributed by atoms with van der Waals surface area (Å²) in [6.07, 6.45) is 0. The Balaban J connectivity index is 1.50. The van der Waals surface area contributed by atoms with Crippen molar-refractivity contribution >= 4 is 58.2 Å². The first kappa shape index (κ1) is 27.4. The van der Waals surface area contributed by atoms with Gasteiger partial charge >= 0.3 is 5.97 Å². The fourth-order valence-electron chi connectivity index (χ4n) is 3.59. The first-order valence-electron chi connectivity index (χ1n) is 11.4. The van der Waals surface area contributed by atoms with Gasteiger partial charge in [-0.25, -0.2) is 4.79 Å². The number of benzene rings is 4. The van der Waals surface area contributed by atoms with E-state index in [0.717, 1.165) is 10.5 Å². The zero-order valence-electron chi connectivity index (χ0n) is 20.0. The number of nitrogens with one attached hydrogen (secondary N) is 2. The maximum Gasteiger partial charge on any atom is 0.337 e. The number of rotatable bonds is 9. The van der Waals surface area contributed by atoms with Gasteiger partial charge in [-0.2, -0.15) is 0 Å². The van der Waals surface area contributed by atoms with E-state index in [9.17, 15) is 29.6 Å². The van der Waals surface area contributed by atoms with Crippen molar-refractivity contribution in [1.29, 1.82) is 0 Å². The molecule has 0 saturated heterocycles. The Morgan fingerprint density at radius 1 is 0.846 bits per heavy atom. The van der Waals surface area contributed by atoms with Crippen LogP contribution >= 0.6 is 23.4 Å². The monoisotopic (exact) mass is 561 g/mol. The first-order valence-corrected chi connectivity index (χ1v) is 12.7. The minimum absolute atomic E-state index is 0.0622. The zero-order chi connectivity index (χ0) is 27.9. The molecule has 1 unspecified atom stereocenters. The molecule has 0 bridgehead atoms. The van der Waals surface area contributed by atoms with Crippen molar-refractivity contribution in [2.24, 2.45) is 0 Å². The van der Waals surface area contributed by atoms with Crippen LogP contribution in [0.15, 0.2) is 102 Å². The fraction of sp³-hybridized carbons (Fsp3) is 0.0357. The first-order chi connectivity index (χ1) is 18.7. The second kappa shape index (κ2) is 12.2. The quantitative estimate of drug-likeness (QED) is 0.118. The highest BCUT2D eigenvalue weighted by atomic mass is 35.5. The maximum absolute atomic E-state index is 13.3. The minimum Gasteiger partial charge on any atom is -0.478 e. The number of nitro benzene ring substituents is 1. The number of amides is 2. The lowest BCUT2D eigenvalue weighted by molar-refractivity contribution is -0.384. The molecule has 4 aromatic rings. The molecule has 11 heteroatoms. The lowest BCUT2D eigenvalue weighted by Crippen LogP contribution is -2.19. The SMILES string of the molecule is O=C(Nc1ccc(SC(C(=O)Nc2ccc(Cl)c(C(=O)O)c2)c2ccccc2)cc1)c1cccc([N+](=O)[O-])c1. The summed E-state index contributed by atoms with van der Waals surface area (Å²) >= 11 is 7.21. The van der Waals surface area contributed by atoms with Gasteiger partial charge in [0.25, 0.3) is 11.6 Å². The molecule has 0 fully saturated rings. The number of carbonyl (C=O) groups excluding carboxylic acids is 2. The molecule has 0 aliphatic carbocycles. The number of hydrogen-bond donors (Lipinski definition) is 3. The number of anilines is 2. The van der Waals surface area contributed by atoms with Gasteiger partial charge in [-0.1, -0.05) is 48.0 Å². The smallest absolute Gasteiger partial charge is 0.337 e. The Hall–Kier alpha value is -4.67. The number of carboxylic acid groups (broad SMARTS) is 1. The van der Waals surface area contributed by atoms with Crippen LogP contribution in [0.1, 0.15) is 31.5 Å². The molecule has 1 atom stereocenters. The van der Waals surface area contributed by atoms with E-state index in [-0.39, 0.29) is 27.7 Å². The Bertz CT molecular complexity index is 1550. The second-order valence-electron chi connectivity index (χ2n) is 8.18. The van der Waals surface area contributed by atoms with E-state index < -0.39 is 22.0 Å². The van der Waals surface area contributed by atoms with E-state index in [0.29, 0.717) is 11.4 Å². The molecule has 196 valence electrons. The van der Waals surface area contributed by atoms with Gasteiger partial charge in [0.05, 0.1) is 15.5 Å². The Kier molecular flexibility index (Phi) is 8.60. The van der Waals surface area contributed by atoms with Gasteiger partial charge in [0.2, 0.25) is 5.91 Å². The van der Waals surface area contributed by atoms with Crippen LogP contribution in [0, 0.1) is 10.1 Å². The summed E-state index contributed by atoms with van der Waals surface area (Å²) in [5, 5.41) is 25.2. The Labute approximate surface area is 232 Å². The van der Waals surface area contributed by atoms with E-state index in [4.69, 9.17) is 11.6 Å². The molecule has 39 heavy (non-hydrogen) atoms. The van der Waals surface area contributed by atoms with Crippen LogP contribution in [0.25, 0.3) is 0 Å². The van der Waals surface area contributed by atoms with Crippen LogP contribution in [0.3, 0.4) is 0 Å². The predicted molar refractivity (Wildman–Crippen MR) is 150 cm³/mol. The maximum atomic E-state index is 13.3. The minimum atomic E-state index is -1.21. The van der Waals surface area contributed by atoms with Crippen LogP contribution in [-0.2, 0) is 4.79 Å². The van der Waals surface area contributed by atoms with Crippen LogP contribution < -0.4 is 10.6 Å². The standard InChI is InChI=1S/C28H20ClN3O6S/c29-24-14-11-20(16-23(24)28(35)36)31-27(34)25(17-5-2-1-3-6-17)39-22-12-9-19(10-13-22)30-26(33)18-7-4-8-21(15-18)32(37)38/h1-16,25H,(H,30,33)(H,31,34)(H,35,36). The third-order valence-corrected chi connectivity index (χ3v) is 7.09. The molecule has 0 radical (unpaired) electrons. The lowest BCUT2D eigenvalue weighted by Gasteiger charge is -2.18. The molecule has 0 spiro atoms. The highest BCUT2D eigenvalue weighted by Gasteiger charge is 2.23. The lowest BCUT2D eigenvalue weighted by atomic mass is 10.1. The molecule has 0 aliphatic rings. The van der Waals surface area contributed by atoms with Crippen LogP contribution in [0.4, 0.5) is 17.1 Å². The van der Waals surface area contributed by atoms with Gasteiger partial charge in [-0.15, -0.1) is 11.8 Å². The molecular weight excluding hydrogens is 542 g/mol. The third kappa shape index (κ3) is 7.01. The highest BCUT2D eigenvalue weighted by molar-refractivity contribution is 8.00. The third-order valence-electron chi connectivity index (χ3n) is 5.49. The molecule has 0 aromatic heterocycles. The van der Waals surface area contributed by atoms with Crippen molar-refractivity contribution in [3.05, 3.63) is 129 Å². The number of carbonyl (C=O) groups is 3. The molecule has 4 rings (SSSR count). The molecule has 0 aliphatic heterocycles. The predicted octanol–water partition coefficient (Wildman–Crippen LogP) is 6.67. The van der Waals surface area contributed by atoms with Gasteiger partial charge in [0, 0.05) is 34.0 Å². The molecule has 2 amide bonds. The van der Waals surface area contributed by atoms with Gasteiger partial charge in [-0.05, 0) is 54.1 Å². The Morgan fingerprint density at radius 2 is 1.54 bits per heavy atom. The molecular formula is C28H20ClN3O6S. The largest absolute Gasteiger partial charge is 0.478 e. The molecule has 4 aromatic carbocycles. The molecule has 0 heterocycles. The number of aromatic carboxylic acids is 1. The van der Waals surface area contributed by atoms with Crippen molar-refractivity contribution in [1.82, 2.24) is 0 Å². The molecule has 0 saturated carbocycles. The number of nitrogens with zero attached hydrogens (tertiary/aromatic N) is 1. The zero-order valence-corrected chi connectivity index (χ0v) is 21.6. The second-order valence-corrected chi connectivity index (χ2v) is 9.77.